The Hall–Kier alpha value is -2.00. The third-order valence-electron chi connectivity index (χ3n) is 4.25. The van der Waals surface area contributed by atoms with Gasteiger partial charge >= 0.3 is 0 Å². The van der Waals surface area contributed by atoms with Crippen molar-refractivity contribution < 1.29 is 4.74 Å². The van der Waals surface area contributed by atoms with Crippen molar-refractivity contribution in [3.8, 4) is 5.75 Å². The molecule has 26 heavy (non-hydrogen) atoms. The predicted molar refractivity (Wildman–Crippen MR) is 109 cm³/mol. The van der Waals surface area contributed by atoms with Crippen LogP contribution < -0.4 is 10.1 Å². The molecule has 0 radical (unpaired) electrons. The Morgan fingerprint density at radius 2 is 1.62 bits per heavy atom. The van der Waals surface area contributed by atoms with Gasteiger partial charge in [-0.1, -0.05) is 77.8 Å². The van der Waals surface area contributed by atoms with E-state index in [1.165, 1.54) is 5.56 Å². The predicted octanol–water partition coefficient (Wildman–Crippen LogP) is 6.42. The highest BCUT2D eigenvalue weighted by Gasteiger charge is 2.08. The van der Waals surface area contributed by atoms with Gasteiger partial charge in [0.2, 0.25) is 0 Å². The highest BCUT2D eigenvalue weighted by molar-refractivity contribution is 6.42. The average molecular weight is 386 g/mol. The van der Waals surface area contributed by atoms with Crippen LogP contribution in [0.15, 0.2) is 72.8 Å². The zero-order chi connectivity index (χ0) is 18.4. The topological polar surface area (TPSA) is 21.3 Å². The third-order valence-corrected chi connectivity index (χ3v) is 4.99. The maximum atomic E-state index is 6.07. The number of ether oxygens (including phenoxy) is 1. The van der Waals surface area contributed by atoms with Gasteiger partial charge in [0.1, 0.15) is 12.4 Å². The summed E-state index contributed by atoms with van der Waals surface area (Å²) in [6.07, 6.45) is 0. The fourth-order valence-electron chi connectivity index (χ4n) is 2.70. The monoisotopic (exact) mass is 385 g/mol. The minimum atomic E-state index is 0.263. The van der Waals surface area contributed by atoms with Crippen LogP contribution in [0.3, 0.4) is 0 Å². The minimum Gasteiger partial charge on any atom is -0.489 e. The Bertz CT molecular complexity index is 852. The van der Waals surface area contributed by atoms with Crippen molar-refractivity contribution in [3.05, 3.63) is 99.5 Å². The molecule has 0 spiro atoms. The average Bonchev–Trinajstić information content (AvgIpc) is 2.68. The molecule has 0 aliphatic rings. The maximum Gasteiger partial charge on any atom is 0.124 e. The summed E-state index contributed by atoms with van der Waals surface area (Å²) >= 11 is 12.0. The van der Waals surface area contributed by atoms with Gasteiger partial charge in [0.05, 0.1) is 10.0 Å². The standard InChI is InChI=1S/C22H21Cl2NO/c1-16(18-7-3-2-4-8-18)25-14-19-9-5-6-10-22(19)26-15-17-11-12-20(23)21(24)13-17/h2-13,16,25H,14-15H2,1H3/t16-/m1/s1. The van der Waals surface area contributed by atoms with Crippen LogP contribution >= 0.6 is 23.2 Å². The van der Waals surface area contributed by atoms with Crippen LogP contribution in [-0.4, -0.2) is 0 Å². The molecule has 0 aromatic heterocycles. The lowest BCUT2D eigenvalue weighted by molar-refractivity contribution is 0.301. The van der Waals surface area contributed by atoms with Gasteiger partial charge in [0.25, 0.3) is 0 Å². The van der Waals surface area contributed by atoms with Gasteiger partial charge in [-0.05, 0) is 36.2 Å². The molecule has 0 heterocycles. The fourth-order valence-corrected chi connectivity index (χ4v) is 3.02. The largest absolute Gasteiger partial charge is 0.489 e. The van der Waals surface area contributed by atoms with E-state index < -0.39 is 0 Å². The molecule has 1 atom stereocenters. The molecule has 0 amide bonds. The quantitative estimate of drug-likeness (QED) is 0.506. The molecule has 2 nitrogen and oxygen atoms in total. The highest BCUT2D eigenvalue weighted by atomic mass is 35.5. The lowest BCUT2D eigenvalue weighted by atomic mass is 10.1. The second kappa shape index (κ2) is 9.09. The van der Waals surface area contributed by atoms with Crippen LogP contribution in [0.25, 0.3) is 0 Å². The molecule has 3 rings (SSSR count). The van der Waals surface area contributed by atoms with E-state index in [2.05, 4.69) is 42.6 Å². The summed E-state index contributed by atoms with van der Waals surface area (Å²) in [5, 5.41) is 4.64. The van der Waals surface area contributed by atoms with E-state index in [4.69, 9.17) is 27.9 Å². The summed E-state index contributed by atoms with van der Waals surface area (Å²) in [4.78, 5) is 0. The van der Waals surface area contributed by atoms with Crippen molar-refractivity contribution in [2.45, 2.75) is 26.1 Å². The van der Waals surface area contributed by atoms with Gasteiger partial charge in [0.15, 0.2) is 0 Å². The van der Waals surface area contributed by atoms with Crippen molar-refractivity contribution in [2.24, 2.45) is 0 Å². The van der Waals surface area contributed by atoms with Gasteiger partial charge < -0.3 is 10.1 Å². The van der Waals surface area contributed by atoms with Crippen LogP contribution in [0.1, 0.15) is 29.7 Å². The summed E-state index contributed by atoms with van der Waals surface area (Å²) in [5.41, 5.74) is 3.37. The number of hydrogen-bond donors (Lipinski definition) is 1. The number of hydrogen-bond acceptors (Lipinski definition) is 2. The number of benzene rings is 3. The molecule has 0 bridgehead atoms. The fraction of sp³-hybridized carbons (Fsp3) is 0.182. The van der Waals surface area contributed by atoms with Crippen LogP contribution in [0.4, 0.5) is 0 Å². The van der Waals surface area contributed by atoms with Gasteiger partial charge in [-0.15, -0.1) is 0 Å². The summed E-state index contributed by atoms with van der Waals surface area (Å²) in [5.74, 6) is 0.867. The number of rotatable bonds is 7. The molecule has 1 N–H and O–H groups in total. The lowest BCUT2D eigenvalue weighted by Gasteiger charge is -2.17. The molecular weight excluding hydrogens is 365 g/mol. The lowest BCUT2D eigenvalue weighted by Crippen LogP contribution is -2.18. The van der Waals surface area contributed by atoms with Crippen molar-refractivity contribution in [3.63, 3.8) is 0 Å². The number of nitrogens with one attached hydrogen (secondary N) is 1. The maximum absolute atomic E-state index is 6.07. The zero-order valence-corrected chi connectivity index (χ0v) is 16.1. The highest BCUT2D eigenvalue weighted by Crippen LogP contribution is 2.25. The van der Waals surface area contributed by atoms with Gasteiger partial charge in [-0.25, -0.2) is 0 Å². The molecular formula is C22H21Cl2NO. The Labute approximate surface area is 164 Å². The molecule has 0 aliphatic carbocycles. The minimum absolute atomic E-state index is 0.263. The molecule has 3 aromatic rings. The van der Waals surface area contributed by atoms with Gasteiger partial charge in [-0.3, -0.25) is 0 Å². The molecule has 134 valence electrons. The Balaban J connectivity index is 1.63. The normalized spacial score (nSPS) is 12.0. The van der Waals surface area contributed by atoms with E-state index in [9.17, 15) is 0 Å². The molecule has 0 fully saturated rings. The van der Waals surface area contributed by atoms with Gasteiger partial charge in [0, 0.05) is 18.2 Å². The zero-order valence-electron chi connectivity index (χ0n) is 14.6. The van der Waals surface area contributed by atoms with E-state index >= 15 is 0 Å². The van der Waals surface area contributed by atoms with Crippen molar-refractivity contribution >= 4 is 23.2 Å². The van der Waals surface area contributed by atoms with Crippen LogP contribution in [0.5, 0.6) is 5.75 Å². The van der Waals surface area contributed by atoms with E-state index in [0.29, 0.717) is 16.7 Å². The van der Waals surface area contributed by atoms with E-state index in [1.54, 1.807) is 6.07 Å². The van der Waals surface area contributed by atoms with Crippen LogP contribution in [0, 0.1) is 0 Å². The molecule has 4 heteroatoms. The Morgan fingerprint density at radius 3 is 2.38 bits per heavy atom. The smallest absolute Gasteiger partial charge is 0.124 e. The molecule has 0 saturated heterocycles. The van der Waals surface area contributed by atoms with Crippen LogP contribution in [0.2, 0.25) is 10.0 Å². The molecule has 0 saturated carbocycles. The summed E-state index contributed by atoms with van der Waals surface area (Å²) in [6, 6.07) is 24.3. The summed E-state index contributed by atoms with van der Waals surface area (Å²) in [7, 11) is 0. The second-order valence-electron chi connectivity index (χ2n) is 6.16. The first-order valence-electron chi connectivity index (χ1n) is 8.56. The molecule has 0 aliphatic heterocycles. The first kappa shape index (κ1) is 18.8. The van der Waals surface area contributed by atoms with Crippen LogP contribution in [-0.2, 0) is 13.2 Å². The Morgan fingerprint density at radius 1 is 0.885 bits per heavy atom. The van der Waals surface area contributed by atoms with Crippen molar-refractivity contribution in [1.82, 2.24) is 5.32 Å². The van der Waals surface area contributed by atoms with Crippen molar-refractivity contribution in [2.75, 3.05) is 0 Å². The summed E-state index contributed by atoms with van der Waals surface area (Å²) in [6.45, 7) is 3.34. The summed E-state index contributed by atoms with van der Waals surface area (Å²) < 4.78 is 6.01. The van der Waals surface area contributed by atoms with Gasteiger partial charge in [-0.2, -0.15) is 0 Å². The second-order valence-corrected chi connectivity index (χ2v) is 6.97. The van der Waals surface area contributed by atoms with E-state index in [-0.39, 0.29) is 6.04 Å². The van der Waals surface area contributed by atoms with E-state index in [0.717, 1.165) is 23.4 Å². The third kappa shape index (κ3) is 5.01. The molecule has 0 unspecified atom stereocenters. The number of halogens is 2. The number of para-hydroxylation sites is 1. The first-order chi connectivity index (χ1) is 12.6. The SMILES string of the molecule is C[C@@H](NCc1ccccc1OCc1ccc(Cl)c(Cl)c1)c1ccccc1. The first-order valence-corrected chi connectivity index (χ1v) is 9.32. The van der Waals surface area contributed by atoms with Crippen molar-refractivity contribution in [1.29, 1.82) is 0 Å². The Kier molecular flexibility index (Phi) is 6.56. The molecule has 3 aromatic carbocycles. The van der Waals surface area contributed by atoms with E-state index in [1.807, 2.05) is 36.4 Å².